The lowest BCUT2D eigenvalue weighted by Gasteiger charge is -2.34. The molecule has 0 amide bonds. The van der Waals surface area contributed by atoms with Crippen molar-refractivity contribution < 1.29 is 13.2 Å². The minimum absolute atomic E-state index is 0. The molecule has 21 heavy (non-hydrogen) atoms. The smallest absolute Gasteiger partial charge is 0.370 e. The molecular formula is C13H18ClF3N4. The highest BCUT2D eigenvalue weighted by Crippen LogP contribution is 2.40. The van der Waals surface area contributed by atoms with Crippen LogP contribution in [0.15, 0.2) is 12.3 Å². The van der Waals surface area contributed by atoms with Crippen LogP contribution >= 0.6 is 12.4 Å². The minimum Gasteiger partial charge on any atom is -0.370 e. The molecule has 0 radical (unpaired) electrons. The molecule has 2 aliphatic heterocycles. The monoisotopic (exact) mass is 322 g/mol. The lowest BCUT2D eigenvalue weighted by Crippen LogP contribution is -2.38. The first kappa shape index (κ1) is 16.3. The fourth-order valence-corrected chi connectivity index (χ4v) is 3.19. The summed E-state index contributed by atoms with van der Waals surface area (Å²) in [6.45, 7) is 3.60. The number of nitrogens with one attached hydrogen (secondary N) is 1. The molecule has 118 valence electrons. The van der Waals surface area contributed by atoms with E-state index in [1.807, 2.05) is 4.90 Å². The van der Waals surface area contributed by atoms with Crippen LogP contribution in [-0.4, -0.2) is 36.4 Å². The van der Waals surface area contributed by atoms with E-state index in [0.29, 0.717) is 5.69 Å². The molecule has 0 aliphatic carbocycles. The molecule has 2 saturated heterocycles. The average Bonchev–Trinajstić information content (AvgIpc) is 2.83. The number of piperidine rings is 1. The first-order valence-electron chi connectivity index (χ1n) is 6.84. The molecular weight excluding hydrogens is 305 g/mol. The average molecular weight is 323 g/mol. The summed E-state index contributed by atoms with van der Waals surface area (Å²) in [6.07, 6.45) is 0.213. The van der Waals surface area contributed by atoms with Crippen molar-refractivity contribution in [3.05, 3.63) is 18.0 Å². The van der Waals surface area contributed by atoms with Gasteiger partial charge in [0.2, 0.25) is 0 Å². The lowest BCUT2D eigenvalue weighted by molar-refractivity contribution is -0.141. The Morgan fingerprint density at radius 2 is 1.90 bits per heavy atom. The zero-order valence-electron chi connectivity index (χ0n) is 11.5. The minimum atomic E-state index is -4.44. The Bertz CT molecular complexity index is 489. The van der Waals surface area contributed by atoms with Crippen molar-refractivity contribution in [1.29, 1.82) is 0 Å². The van der Waals surface area contributed by atoms with E-state index >= 15 is 0 Å². The number of alkyl halides is 3. The highest BCUT2D eigenvalue weighted by molar-refractivity contribution is 5.85. The molecule has 0 unspecified atom stereocenters. The van der Waals surface area contributed by atoms with Gasteiger partial charge in [0.15, 0.2) is 5.69 Å². The van der Waals surface area contributed by atoms with Crippen molar-refractivity contribution in [3.8, 4) is 0 Å². The van der Waals surface area contributed by atoms with Gasteiger partial charge in [0.1, 0.15) is 0 Å². The molecule has 2 aliphatic rings. The summed E-state index contributed by atoms with van der Waals surface area (Å²) in [5.41, 5.74) is -0.128. The second kappa shape index (κ2) is 5.96. The maximum absolute atomic E-state index is 12.7. The third-order valence-electron chi connectivity index (χ3n) is 4.40. The van der Waals surface area contributed by atoms with Crippen LogP contribution in [0, 0.1) is 5.41 Å². The summed E-state index contributed by atoms with van der Waals surface area (Å²) < 4.78 is 38.0. The van der Waals surface area contributed by atoms with Crippen LogP contribution in [0.2, 0.25) is 0 Å². The molecule has 3 heterocycles. The van der Waals surface area contributed by atoms with E-state index in [0.717, 1.165) is 51.5 Å². The Balaban J connectivity index is 0.00000161. The maximum atomic E-state index is 12.7. The number of nitrogens with zero attached hydrogens (tertiary/aromatic N) is 3. The summed E-state index contributed by atoms with van der Waals surface area (Å²) >= 11 is 0. The molecule has 0 aromatic carbocycles. The van der Waals surface area contributed by atoms with E-state index in [4.69, 9.17) is 0 Å². The molecule has 0 bridgehead atoms. The summed E-state index contributed by atoms with van der Waals surface area (Å²) in [7, 11) is 0. The van der Waals surface area contributed by atoms with Gasteiger partial charge in [-0.1, -0.05) is 0 Å². The van der Waals surface area contributed by atoms with Crippen LogP contribution in [0.25, 0.3) is 0 Å². The van der Waals surface area contributed by atoms with Gasteiger partial charge in [-0.2, -0.15) is 18.3 Å². The lowest BCUT2D eigenvalue weighted by atomic mass is 9.78. The summed E-state index contributed by atoms with van der Waals surface area (Å²) in [5.74, 6) is 0. The molecule has 3 rings (SSSR count). The third kappa shape index (κ3) is 3.40. The fourth-order valence-electron chi connectivity index (χ4n) is 3.19. The molecule has 1 N–H and O–H groups in total. The van der Waals surface area contributed by atoms with Crippen molar-refractivity contribution in [2.75, 3.05) is 31.1 Å². The topological polar surface area (TPSA) is 41.0 Å². The largest absolute Gasteiger partial charge is 0.435 e. The molecule has 8 heteroatoms. The number of anilines is 1. The van der Waals surface area contributed by atoms with Gasteiger partial charge in [-0.15, -0.1) is 17.5 Å². The number of rotatable bonds is 1. The number of halogens is 4. The van der Waals surface area contributed by atoms with Gasteiger partial charge >= 0.3 is 6.18 Å². The number of aromatic nitrogens is 2. The van der Waals surface area contributed by atoms with Gasteiger partial charge < -0.3 is 10.2 Å². The third-order valence-corrected chi connectivity index (χ3v) is 4.40. The SMILES string of the molecule is Cl.FC(F)(F)c1cc(N2CCC3(CCNCC3)C2)cnn1. The Hall–Kier alpha value is -1.08. The number of hydrogen-bond donors (Lipinski definition) is 1. The van der Waals surface area contributed by atoms with E-state index in [9.17, 15) is 13.2 Å². The zero-order chi connectivity index (χ0) is 14.2. The van der Waals surface area contributed by atoms with Gasteiger partial charge in [-0.3, -0.25) is 0 Å². The van der Waals surface area contributed by atoms with Crippen molar-refractivity contribution in [1.82, 2.24) is 15.5 Å². The Morgan fingerprint density at radius 3 is 2.57 bits per heavy atom. The van der Waals surface area contributed by atoms with Gasteiger partial charge in [0, 0.05) is 13.1 Å². The predicted molar refractivity (Wildman–Crippen MR) is 75.6 cm³/mol. The van der Waals surface area contributed by atoms with Gasteiger partial charge in [-0.25, -0.2) is 0 Å². The zero-order valence-corrected chi connectivity index (χ0v) is 12.3. The molecule has 0 atom stereocenters. The van der Waals surface area contributed by atoms with E-state index < -0.39 is 11.9 Å². The summed E-state index contributed by atoms with van der Waals surface area (Å²) in [6, 6.07) is 1.10. The van der Waals surface area contributed by atoms with E-state index in [2.05, 4.69) is 15.5 Å². The molecule has 0 saturated carbocycles. The molecule has 4 nitrogen and oxygen atoms in total. The molecule has 2 fully saturated rings. The Kier molecular flexibility index (Phi) is 4.63. The van der Waals surface area contributed by atoms with Gasteiger partial charge in [0.05, 0.1) is 11.9 Å². The van der Waals surface area contributed by atoms with Crippen molar-refractivity contribution in [2.24, 2.45) is 5.41 Å². The predicted octanol–water partition coefficient (Wildman–Crippen LogP) is 2.50. The first-order valence-corrected chi connectivity index (χ1v) is 6.84. The summed E-state index contributed by atoms with van der Waals surface area (Å²) in [5, 5.41) is 10.0. The van der Waals surface area contributed by atoms with E-state index in [1.54, 1.807) is 0 Å². The Labute approximate surface area is 127 Å². The van der Waals surface area contributed by atoms with Crippen molar-refractivity contribution >= 4 is 18.1 Å². The van der Waals surface area contributed by atoms with Crippen LogP contribution in [0.5, 0.6) is 0 Å². The van der Waals surface area contributed by atoms with Crippen LogP contribution in [0.1, 0.15) is 25.0 Å². The summed E-state index contributed by atoms with van der Waals surface area (Å²) in [4.78, 5) is 2.01. The maximum Gasteiger partial charge on any atom is 0.435 e. The van der Waals surface area contributed by atoms with E-state index in [1.165, 1.54) is 6.20 Å². The van der Waals surface area contributed by atoms with Crippen LogP contribution in [0.3, 0.4) is 0 Å². The standard InChI is InChI=1S/C13H17F3N4.ClH/c14-13(15,16)11-7-10(8-18-19-11)20-6-3-12(9-20)1-4-17-5-2-12;/h7-8,17H,1-6,9H2;1H. The quantitative estimate of drug-likeness (QED) is 0.862. The number of hydrogen-bond acceptors (Lipinski definition) is 4. The first-order chi connectivity index (χ1) is 9.49. The molecule has 1 spiro atoms. The normalized spacial score (nSPS) is 21.4. The van der Waals surface area contributed by atoms with Gasteiger partial charge in [0.25, 0.3) is 0 Å². The fraction of sp³-hybridized carbons (Fsp3) is 0.692. The van der Waals surface area contributed by atoms with Crippen molar-refractivity contribution in [3.63, 3.8) is 0 Å². The Morgan fingerprint density at radius 1 is 1.19 bits per heavy atom. The van der Waals surface area contributed by atoms with E-state index in [-0.39, 0.29) is 17.8 Å². The molecule has 1 aromatic rings. The van der Waals surface area contributed by atoms with Crippen molar-refractivity contribution in [2.45, 2.75) is 25.4 Å². The van der Waals surface area contributed by atoms with Crippen LogP contribution < -0.4 is 10.2 Å². The highest BCUT2D eigenvalue weighted by atomic mass is 35.5. The second-order valence-corrected chi connectivity index (χ2v) is 5.72. The second-order valence-electron chi connectivity index (χ2n) is 5.72. The van der Waals surface area contributed by atoms with Crippen LogP contribution in [0.4, 0.5) is 18.9 Å². The highest BCUT2D eigenvalue weighted by Gasteiger charge is 2.40. The van der Waals surface area contributed by atoms with Gasteiger partial charge in [-0.05, 0) is 43.8 Å². The van der Waals surface area contributed by atoms with Crippen LogP contribution in [-0.2, 0) is 6.18 Å². The molecule has 1 aromatic heterocycles.